The van der Waals surface area contributed by atoms with Gasteiger partial charge in [-0.2, -0.15) is 0 Å². The average Bonchev–Trinajstić information content (AvgIpc) is 2.53. The van der Waals surface area contributed by atoms with Gasteiger partial charge in [-0.25, -0.2) is 0 Å². The molecule has 0 aliphatic rings. The van der Waals surface area contributed by atoms with Crippen molar-refractivity contribution in [3.63, 3.8) is 0 Å². The summed E-state index contributed by atoms with van der Waals surface area (Å²) in [5, 5.41) is 1.10. The number of rotatable bonds is 3. The summed E-state index contributed by atoms with van der Waals surface area (Å²) in [6, 6.07) is 15.8. The van der Waals surface area contributed by atoms with Crippen molar-refractivity contribution in [2.24, 2.45) is 5.73 Å². The monoisotopic (exact) mass is 342 g/mol. The fourth-order valence-electron chi connectivity index (χ4n) is 2.36. The van der Waals surface area contributed by atoms with Gasteiger partial charge in [0, 0.05) is 11.6 Å². The van der Waals surface area contributed by atoms with Gasteiger partial charge in [0.05, 0.1) is 23.1 Å². The van der Waals surface area contributed by atoms with Gasteiger partial charge in [-0.05, 0) is 57.4 Å². The first-order chi connectivity index (χ1) is 10.2. The van der Waals surface area contributed by atoms with E-state index in [-0.39, 0.29) is 6.04 Å². The summed E-state index contributed by atoms with van der Waals surface area (Å²) < 4.78 is 6.15. The Balaban J connectivity index is 1.99. The Hall–Kier alpha value is -1.91. The molecule has 0 radical (unpaired) electrons. The number of aromatic nitrogens is 1. The van der Waals surface area contributed by atoms with E-state index in [1.807, 2.05) is 42.5 Å². The summed E-state index contributed by atoms with van der Waals surface area (Å²) in [5.74, 6) is 0.800. The summed E-state index contributed by atoms with van der Waals surface area (Å²) in [4.78, 5) is 4.33. The summed E-state index contributed by atoms with van der Waals surface area (Å²) in [6.45, 7) is 0. The molecule has 3 rings (SSSR count). The van der Waals surface area contributed by atoms with Gasteiger partial charge in [-0.15, -0.1) is 0 Å². The van der Waals surface area contributed by atoms with Gasteiger partial charge < -0.3 is 10.5 Å². The molecule has 1 heterocycles. The molecule has 2 aromatic carbocycles. The molecule has 0 saturated carbocycles. The van der Waals surface area contributed by atoms with Gasteiger partial charge in [-0.1, -0.05) is 18.2 Å². The third-order valence-corrected chi connectivity index (χ3v) is 4.14. The van der Waals surface area contributed by atoms with Crippen LogP contribution in [0.15, 0.2) is 59.2 Å². The van der Waals surface area contributed by atoms with E-state index < -0.39 is 0 Å². The van der Waals surface area contributed by atoms with E-state index in [1.165, 1.54) is 0 Å². The molecule has 4 heteroatoms. The molecule has 0 fully saturated rings. The number of benzene rings is 2. The first-order valence-electron chi connectivity index (χ1n) is 6.63. The van der Waals surface area contributed by atoms with Gasteiger partial charge in [-0.3, -0.25) is 4.98 Å². The number of ether oxygens (including phenoxy) is 1. The van der Waals surface area contributed by atoms with Crippen molar-refractivity contribution >= 4 is 26.8 Å². The van der Waals surface area contributed by atoms with Crippen LogP contribution >= 0.6 is 15.9 Å². The number of nitrogens with zero attached hydrogens (tertiary/aromatic N) is 1. The summed E-state index contributed by atoms with van der Waals surface area (Å²) in [7, 11) is 1.65. The minimum atomic E-state index is -0.184. The zero-order valence-electron chi connectivity index (χ0n) is 11.6. The third-order valence-electron chi connectivity index (χ3n) is 3.52. The molecule has 1 unspecified atom stereocenters. The second kappa shape index (κ2) is 5.84. The van der Waals surface area contributed by atoms with E-state index in [1.54, 1.807) is 13.3 Å². The van der Waals surface area contributed by atoms with Crippen LogP contribution in [0.5, 0.6) is 5.75 Å². The van der Waals surface area contributed by atoms with Crippen LogP contribution in [-0.2, 0) is 0 Å². The topological polar surface area (TPSA) is 48.1 Å². The number of halogens is 1. The highest BCUT2D eigenvalue weighted by Crippen LogP contribution is 2.30. The van der Waals surface area contributed by atoms with E-state index in [0.717, 1.165) is 32.3 Å². The van der Waals surface area contributed by atoms with Crippen LogP contribution < -0.4 is 10.5 Å². The molecular formula is C17H15BrN2O. The van der Waals surface area contributed by atoms with Crippen molar-refractivity contribution < 1.29 is 4.74 Å². The Bertz CT molecular complexity index is 789. The van der Waals surface area contributed by atoms with Crippen LogP contribution in [0.4, 0.5) is 0 Å². The van der Waals surface area contributed by atoms with E-state index in [2.05, 4.69) is 27.0 Å². The molecule has 2 N–H and O–H groups in total. The minimum Gasteiger partial charge on any atom is -0.496 e. The lowest BCUT2D eigenvalue weighted by Crippen LogP contribution is -2.11. The Morgan fingerprint density at radius 1 is 1.10 bits per heavy atom. The Morgan fingerprint density at radius 3 is 2.62 bits per heavy atom. The Labute approximate surface area is 131 Å². The van der Waals surface area contributed by atoms with E-state index >= 15 is 0 Å². The maximum atomic E-state index is 6.39. The first-order valence-corrected chi connectivity index (χ1v) is 7.42. The molecule has 0 aliphatic heterocycles. The SMILES string of the molecule is COc1ccc(C(N)c2ccc3ncccc3c2)cc1Br. The van der Waals surface area contributed by atoms with Gasteiger partial charge >= 0.3 is 0 Å². The third kappa shape index (κ3) is 2.77. The molecule has 3 aromatic rings. The predicted molar refractivity (Wildman–Crippen MR) is 88.5 cm³/mol. The smallest absolute Gasteiger partial charge is 0.133 e. The fraction of sp³-hybridized carbons (Fsp3) is 0.118. The lowest BCUT2D eigenvalue weighted by Gasteiger charge is -2.15. The van der Waals surface area contributed by atoms with Crippen molar-refractivity contribution in [3.8, 4) is 5.75 Å². The maximum Gasteiger partial charge on any atom is 0.133 e. The summed E-state index contributed by atoms with van der Waals surface area (Å²) in [5.41, 5.74) is 9.46. The molecule has 0 spiro atoms. The Kier molecular flexibility index (Phi) is 3.90. The Morgan fingerprint density at radius 2 is 1.86 bits per heavy atom. The number of pyridine rings is 1. The van der Waals surface area contributed by atoms with Crippen LogP contribution in [0.25, 0.3) is 10.9 Å². The van der Waals surface area contributed by atoms with Crippen LogP contribution in [0.2, 0.25) is 0 Å². The number of hydrogen-bond acceptors (Lipinski definition) is 3. The summed E-state index contributed by atoms with van der Waals surface area (Å²) >= 11 is 3.50. The van der Waals surface area contributed by atoms with Gasteiger partial charge in [0.15, 0.2) is 0 Å². The van der Waals surface area contributed by atoms with Crippen molar-refractivity contribution in [2.75, 3.05) is 7.11 Å². The van der Waals surface area contributed by atoms with Gasteiger partial charge in [0.2, 0.25) is 0 Å². The lowest BCUT2D eigenvalue weighted by molar-refractivity contribution is 0.412. The number of methoxy groups -OCH3 is 1. The van der Waals surface area contributed by atoms with Crippen LogP contribution in [0, 0.1) is 0 Å². The zero-order valence-corrected chi connectivity index (χ0v) is 13.2. The first kappa shape index (κ1) is 14.0. The molecule has 21 heavy (non-hydrogen) atoms. The highest BCUT2D eigenvalue weighted by atomic mass is 79.9. The average molecular weight is 343 g/mol. The molecule has 1 aromatic heterocycles. The predicted octanol–water partition coefficient (Wildman–Crippen LogP) is 4.05. The second-order valence-corrected chi connectivity index (χ2v) is 5.68. The molecular weight excluding hydrogens is 328 g/mol. The van der Waals surface area contributed by atoms with E-state index in [4.69, 9.17) is 10.5 Å². The van der Waals surface area contributed by atoms with E-state index in [9.17, 15) is 0 Å². The van der Waals surface area contributed by atoms with Crippen LogP contribution in [0.3, 0.4) is 0 Å². The molecule has 1 atom stereocenters. The normalized spacial score (nSPS) is 12.3. The molecule has 0 saturated heterocycles. The number of hydrogen-bond donors (Lipinski definition) is 1. The molecule has 0 aliphatic carbocycles. The highest BCUT2D eigenvalue weighted by molar-refractivity contribution is 9.10. The quantitative estimate of drug-likeness (QED) is 0.780. The number of fused-ring (bicyclic) bond motifs is 1. The van der Waals surface area contributed by atoms with Crippen LogP contribution in [0.1, 0.15) is 17.2 Å². The highest BCUT2D eigenvalue weighted by Gasteiger charge is 2.11. The van der Waals surface area contributed by atoms with Crippen molar-refractivity contribution in [1.29, 1.82) is 0 Å². The number of nitrogens with two attached hydrogens (primary N) is 1. The molecule has 0 bridgehead atoms. The second-order valence-electron chi connectivity index (χ2n) is 4.83. The molecule has 3 nitrogen and oxygen atoms in total. The fourth-order valence-corrected chi connectivity index (χ4v) is 2.91. The standard InChI is InChI=1S/C17H15BrN2O/c1-21-16-7-5-13(10-14(16)18)17(19)12-4-6-15-11(9-12)3-2-8-20-15/h2-10,17H,19H2,1H3. The lowest BCUT2D eigenvalue weighted by atomic mass is 9.98. The van der Waals surface area contributed by atoms with Gasteiger partial charge in [0.25, 0.3) is 0 Å². The minimum absolute atomic E-state index is 0.184. The maximum absolute atomic E-state index is 6.39. The zero-order chi connectivity index (χ0) is 14.8. The molecule has 106 valence electrons. The van der Waals surface area contributed by atoms with Crippen molar-refractivity contribution in [1.82, 2.24) is 4.98 Å². The van der Waals surface area contributed by atoms with Crippen molar-refractivity contribution in [2.45, 2.75) is 6.04 Å². The van der Waals surface area contributed by atoms with Crippen molar-refractivity contribution in [3.05, 3.63) is 70.3 Å². The molecule has 0 amide bonds. The van der Waals surface area contributed by atoms with Crippen LogP contribution in [-0.4, -0.2) is 12.1 Å². The van der Waals surface area contributed by atoms with E-state index in [0.29, 0.717) is 0 Å². The largest absolute Gasteiger partial charge is 0.496 e. The summed E-state index contributed by atoms with van der Waals surface area (Å²) in [6.07, 6.45) is 1.79. The van der Waals surface area contributed by atoms with Gasteiger partial charge in [0.1, 0.15) is 5.75 Å².